The minimum absolute atomic E-state index is 0.0305. The summed E-state index contributed by atoms with van der Waals surface area (Å²) in [5.41, 5.74) is 0.793. The average molecular weight is 417 g/mol. The molecule has 1 saturated heterocycles. The Balaban J connectivity index is 1.84. The summed E-state index contributed by atoms with van der Waals surface area (Å²) in [6.07, 6.45) is 3.55. The largest absolute Gasteiger partial charge is 0.496 e. The first kappa shape index (κ1) is 22.1. The minimum Gasteiger partial charge on any atom is -0.496 e. The molecule has 1 aliphatic carbocycles. The van der Waals surface area contributed by atoms with E-state index in [4.69, 9.17) is 9.47 Å². The number of nitrogens with one attached hydrogen (secondary N) is 1. The van der Waals surface area contributed by atoms with E-state index in [1.54, 1.807) is 18.9 Å². The van der Waals surface area contributed by atoms with Gasteiger partial charge in [0.2, 0.25) is 5.91 Å². The number of piperidine rings is 1. The molecule has 0 spiro atoms. The fourth-order valence-electron chi connectivity index (χ4n) is 3.95. The van der Waals surface area contributed by atoms with E-state index >= 15 is 0 Å². The Morgan fingerprint density at radius 1 is 1.23 bits per heavy atom. The van der Waals surface area contributed by atoms with Gasteiger partial charge < -0.3 is 19.7 Å². The summed E-state index contributed by atoms with van der Waals surface area (Å²) in [6.45, 7) is 4.23. The lowest BCUT2D eigenvalue weighted by Gasteiger charge is -2.41. The van der Waals surface area contributed by atoms with E-state index in [1.807, 2.05) is 24.3 Å². The molecule has 2 fully saturated rings. The highest BCUT2D eigenvalue weighted by molar-refractivity contribution is 5.86. The van der Waals surface area contributed by atoms with E-state index < -0.39 is 24.0 Å². The van der Waals surface area contributed by atoms with Gasteiger partial charge in [0, 0.05) is 24.6 Å². The second-order valence-corrected chi connectivity index (χ2v) is 8.13. The predicted molar refractivity (Wildman–Crippen MR) is 112 cm³/mol. The number of unbranched alkanes of at least 4 members (excludes halogenated alkanes) is 1. The number of hydrogen-bond acceptors (Lipinski definition) is 5. The zero-order chi connectivity index (χ0) is 21.7. The van der Waals surface area contributed by atoms with Crippen LogP contribution in [0.25, 0.3) is 0 Å². The molecule has 0 radical (unpaired) electrons. The molecule has 0 unspecified atom stereocenters. The Labute approximate surface area is 178 Å². The van der Waals surface area contributed by atoms with Crippen molar-refractivity contribution in [2.75, 3.05) is 13.7 Å². The number of carbonyl (C=O) groups excluding carboxylic acids is 3. The van der Waals surface area contributed by atoms with Gasteiger partial charge in [-0.05, 0) is 38.7 Å². The molecule has 30 heavy (non-hydrogen) atoms. The number of amides is 2. The van der Waals surface area contributed by atoms with Crippen LogP contribution in [0, 0.1) is 5.92 Å². The molecule has 164 valence electrons. The van der Waals surface area contributed by atoms with E-state index in [9.17, 15) is 14.4 Å². The summed E-state index contributed by atoms with van der Waals surface area (Å²) in [5.74, 6) is -0.598. The van der Waals surface area contributed by atoms with Crippen molar-refractivity contribution in [1.82, 2.24) is 10.2 Å². The van der Waals surface area contributed by atoms with Crippen LogP contribution in [0.1, 0.15) is 64.0 Å². The lowest BCUT2D eigenvalue weighted by Crippen LogP contribution is -2.47. The standard InChI is InChI=1S/C23H32N2O5/c1-4-5-14-25-20(26)13-12-18(21(25)17-8-6-7-9-19(17)29-3)23(28)30-15(2)22(27)24-16-10-11-16/h6-9,15-16,18,21H,4-5,10-14H2,1-3H3,(H,24,27)/t15-,18+,21+/m0/s1. The van der Waals surface area contributed by atoms with Gasteiger partial charge in [-0.25, -0.2) is 0 Å². The summed E-state index contributed by atoms with van der Waals surface area (Å²) in [4.78, 5) is 40.0. The first-order valence-corrected chi connectivity index (χ1v) is 10.9. The lowest BCUT2D eigenvalue weighted by molar-refractivity contribution is -0.165. The van der Waals surface area contributed by atoms with Gasteiger partial charge in [-0.3, -0.25) is 14.4 Å². The van der Waals surface area contributed by atoms with Crippen molar-refractivity contribution >= 4 is 17.8 Å². The molecule has 1 heterocycles. The minimum atomic E-state index is -0.863. The van der Waals surface area contributed by atoms with Gasteiger partial charge in [-0.2, -0.15) is 0 Å². The highest BCUT2D eigenvalue weighted by Gasteiger charge is 2.43. The van der Waals surface area contributed by atoms with Crippen LogP contribution in [0.2, 0.25) is 0 Å². The monoisotopic (exact) mass is 416 g/mol. The van der Waals surface area contributed by atoms with E-state index in [1.165, 1.54) is 0 Å². The van der Waals surface area contributed by atoms with Crippen molar-refractivity contribution in [3.8, 4) is 5.75 Å². The highest BCUT2D eigenvalue weighted by Crippen LogP contribution is 2.41. The van der Waals surface area contributed by atoms with Gasteiger partial charge in [0.25, 0.3) is 5.91 Å². The van der Waals surface area contributed by atoms with Crippen molar-refractivity contribution in [1.29, 1.82) is 0 Å². The number of carbonyl (C=O) groups is 3. The van der Waals surface area contributed by atoms with Crippen LogP contribution in [-0.2, 0) is 19.1 Å². The molecule has 3 rings (SSSR count). The summed E-state index contributed by atoms with van der Waals surface area (Å²) < 4.78 is 11.1. The van der Waals surface area contributed by atoms with Gasteiger partial charge in [-0.1, -0.05) is 31.5 Å². The SMILES string of the molecule is CCCCN1C(=O)CC[C@@H](C(=O)O[C@@H](C)C(=O)NC2CC2)[C@H]1c1ccccc1OC. The number of para-hydroxylation sites is 1. The third kappa shape index (κ3) is 5.12. The Morgan fingerprint density at radius 2 is 1.97 bits per heavy atom. The van der Waals surface area contributed by atoms with Crippen LogP contribution in [0.4, 0.5) is 0 Å². The molecule has 1 aliphatic heterocycles. The topological polar surface area (TPSA) is 84.9 Å². The van der Waals surface area contributed by atoms with Crippen LogP contribution in [0.15, 0.2) is 24.3 Å². The van der Waals surface area contributed by atoms with Crippen LogP contribution < -0.4 is 10.1 Å². The molecule has 7 heteroatoms. The number of rotatable bonds is 9. The van der Waals surface area contributed by atoms with Crippen LogP contribution >= 0.6 is 0 Å². The van der Waals surface area contributed by atoms with Gasteiger partial charge in [0.05, 0.1) is 19.1 Å². The predicted octanol–water partition coefficient (Wildman–Crippen LogP) is 2.99. The molecule has 1 saturated carbocycles. The number of hydrogen-bond donors (Lipinski definition) is 1. The lowest BCUT2D eigenvalue weighted by atomic mass is 9.83. The number of likely N-dealkylation sites (tertiary alicyclic amines) is 1. The number of methoxy groups -OCH3 is 1. The van der Waals surface area contributed by atoms with Crippen molar-refractivity contribution in [2.45, 2.75) is 70.6 Å². The second kappa shape index (κ2) is 9.96. The normalized spacial score (nSPS) is 22.4. The molecule has 3 atom stereocenters. The Morgan fingerprint density at radius 3 is 2.63 bits per heavy atom. The van der Waals surface area contributed by atoms with Crippen molar-refractivity contribution in [2.24, 2.45) is 5.92 Å². The van der Waals surface area contributed by atoms with E-state index in [0.717, 1.165) is 31.2 Å². The summed E-state index contributed by atoms with van der Waals surface area (Å²) in [6, 6.07) is 7.20. The maximum atomic E-state index is 13.1. The average Bonchev–Trinajstić information content (AvgIpc) is 3.56. The van der Waals surface area contributed by atoms with Gasteiger partial charge in [0.1, 0.15) is 5.75 Å². The van der Waals surface area contributed by atoms with Gasteiger partial charge in [0.15, 0.2) is 6.10 Å². The van der Waals surface area contributed by atoms with Gasteiger partial charge >= 0.3 is 5.97 Å². The van der Waals surface area contributed by atoms with Crippen LogP contribution in [0.3, 0.4) is 0 Å². The molecule has 1 aromatic rings. The molecule has 7 nitrogen and oxygen atoms in total. The summed E-state index contributed by atoms with van der Waals surface area (Å²) in [7, 11) is 1.58. The maximum absolute atomic E-state index is 13.1. The molecular formula is C23H32N2O5. The Kier molecular flexibility index (Phi) is 7.34. The fraction of sp³-hybridized carbons (Fsp3) is 0.609. The molecule has 0 bridgehead atoms. The number of nitrogens with zero attached hydrogens (tertiary/aromatic N) is 1. The summed E-state index contributed by atoms with van der Waals surface area (Å²) in [5, 5.41) is 2.87. The van der Waals surface area contributed by atoms with Crippen molar-refractivity contribution in [3.63, 3.8) is 0 Å². The van der Waals surface area contributed by atoms with E-state index in [2.05, 4.69) is 12.2 Å². The maximum Gasteiger partial charge on any atom is 0.312 e. The van der Waals surface area contributed by atoms with E-state index in [0.29, 0.717) is 18.7 Å². The molecule has 1 N–H and O–H groups in total. The molecule has 1 aromatic carbocycles. The zero-order valence-corrected chi connectivity index (χ0v) is 18.1. The first-order valence-electron chi connectivity index (χ1n) is 10.9. The van der Waals surface area contributed by atoms with Gasteiger partial charge in [-0.15, -0.1) is 0 Å². The quantitative estimate of drug-likeness (QED) is 0.626. The zero-order valence-electron chi connectivity index (χ0n) is 18.1. The first-order chi connectivity index (χ1) is 14.5. The Bertz CT molecular complexity index is 777. The molecule has 0 aromatic heterocycles. The second-order valence-electron chi connectivity index (χ2n) is 8.13. The molecule has 2 amide bonds. The van der Waals surface area contributed by atoms with Crippen LogP contribution in [-0.4, -0.2) is 48.5 Å². The van der Waals surface area contributed by atoms with Crippen LogP contribution in [0.5, 0.6) is 5.75 Å². The molecular weight excluding hydrogens is 384 g/mol. The number of esters is 1. The fourth-order valence-corrected chi connectivity index (χ4v) is 3.95. The molecule has 2 aliphatic rings. The van der Waals surface area contributed by atoms with E-state index in [-0.39, 0.29) is 24.3 Å². The smallest absolute Gasteiger partial charge is 0.312 e. The van der Waals surface area contributed by atoms with Crippen molar-refractivity contribution in [3.05, 3.63) is 29.8 Å². The summed E-state index contributed by atoms with van der Waals surface area (Å²) >= 11 is 0. The van der Waals surface area contributed by atoms with Crippen molar-refractivity contribution < 1.29 is 23.9 Å². The third-order valence-electron chi connectivity index (χ3n) is 5.81. The number of ether oxygens (including phenoxy) is 2. The highest BCUT2D eigenvalue weighted by atomic mass is 16.5. The third-order valence-corrected chi connectivity index (χ3v) is 5.81. The number of benzene rings is 1. The Hall–Kier alpha value is -2.57.